The van der Waals surface area contributed by atoms with E-state index in [9.17, 15) is 23.4 Å². The van der Waals surface area contributed by atoms with Crippen molar-refractivity contribution >= 4 is 28.1 Å². The summed E-state index contributed by atoms with van der Waals surface area (Å²) in [5, 5.41) is 24.2. The lowest BCUT2D eigenvalue weighted by Crippen LogP contribution is -2.70. The average molecular weight is 738 g/mol. The lowest BCUT2D eigenvalue weighted by Gasteiger charge is -2.73. The van der Waals surface area contributed by atoms with Crippen molar-refractivity contribution in [2.24, 2.45) is 56.2 Å². The summed E-state index contributed by atoms with van der Waals surface area (Å²) >= 11 is 0. The Labute approximate surface area is 314 Å². The monoisotopic (exact) mass is 737 g/mol. The number of aliphatic hydroxyl groups excluding tert-OH is 1. The van der Waals surface area contributed by atoms with Gasteiger partial charge in [-0.3, -0.25) is 4.99 Å². The maximum Gasteiger partial charge on any atom is 0.335 e. The molecule has 3 N–H and O–H groups in total. The molecule has 0 spiro atoms. The summed E-state index contributed by atoms with van der Waals surface area (Å²) in [5.41, 5.74) is 3.06. The topological polar surface area (TPSA) is 119 Å². The van der Waals surface area contributed by atoms with Crippen LogP contribution in [0.3, 0.4) is 0 Å². The van der Waals surface area contributed by atoms with E-state index in [1.165, 1.54) is 24.8 Å². The maximum atomic E-state index is 12.1. The summed E-state index contributed by atoms with van der Waals surface area (Å²) in [6, 6.07) is 7.45. The molecule has 0 aromatic heterocycles. The molecule has 52 heavy (non-hydrogen) atoms. The molecule has 1 heterocycles. The van der Waals surface area contributed by atoms with Crippen molar-refractivity contribution in [3.05, 3.63) is 41.5 Å². The summed E-state index contributed by atoms with van der Waals surface area (Å²) in [6.45, 7) is 24.3. The number of carboxylic acids is 1. The van der Waals surface area contributed by atoms with Gasteiger partial charge in [0.2, 0.25) is 0 Å². The van der Waals surface area contributed by atoms with Gasteiger partial charge in [0.05, 0.1) is 23.1 Å². The van der Waals surface area contributed by atoms with Crippen LogP contribution in [-0.2, 0) is 9.84 Å². The Morgan fingerprint density at radius 2 is 1.67 bits per heavy atom. The summed E-state index contributed by atoms with van der Waals surface area (Å²) in [5.74, 6) is 1.40. The van der Waals surface area contributed by atoms with E-state index in [4.69, 9.17) is 4.99 Å². The third-order valence-corrected chi connectivity index (χ3v) is 18.2. The van der Waals surface area contributed by atoms with Gasteiger partial charge in [-0.25, -0.2) is 13.2 Å². The minimum absolute atomic E-state index is 0.0101. The predicted molar refractivity (Wildman–Crippen MR) is 211 cm³/mol. The van der Waals surface area contributed by atoms with Crippen molar-refractivity contribution in [1.82, 2.24) is 10.2 Å². The van der Waals surface area contributed by atoms with Gasteiger partial charge in [0.15, 0.2) is 9.84 Å². The second kappa shape index (κ2) is 14.2. The normalized spacial score (nSPS) is 39.6. The number of aliphatic imine (C=N–C) groups is 1. The zero-order valence-corrected chi connectivity index (χ0v) is 33.9. The summed E-state index contributed by atoms with van der Waals surface area (Å²) in [6.07, 6.45) is 11.4. The van der Waals surface area contributed by atoms with Gasteiger partial charge >= 0.3 is 5.97 Å². The largest absolute Gasteiger partial charge is 0.478 e. The van der Waals surface area contributed by atoms with Crippen LogP contribution in [0.1, 0.15) is 116 Å². The number of aliphatic hydroxyl groups is 1. The Bertz CT molecular complexity index is 1630. The van der Waals surface area contributed by atoms with E-state index < -0.39 is 15.8 Å². The highest BCUT2D eigenvalue weighted by molar-refractivity contribution is 7.91. The number of nitrogens with zero attached hydrogens (tertiary/aromatic N) is 2. The molecule has 10 unspecified atom stereocenters. The molecule has 5 aliphatic rings. The minimum Gasteiger partial charge on any atom is -0.478 e. The van der Waals surface area contributed by atoms with Gasteiger partial charge in [-0.05, 0) is 121 Å². The number of rotatable bonds is 11. The van der Waals surface area contributed by atoms with Crippen LogP contribution in [0.25, 0.3) is 5.57 Å². The second-order valence-electron chi connectivity index (χ2n) is 18.9. The molecule has 1 aromatic rings. The molecule has 4 fully saturated rings. The Morgan fingerprint density at radius 1 is 1.00 bits per heavy atom. The summed E-state index contributed by atoms with van der Waals surface area (Å²) < 4.78 is 24.2. The number of carboxylic acid groups (broad SMARTS) is 1. The van der Waals surface area contributed by atoms with Gasteiger partial charge in [0.1, 0.15) is 0 Å². The fourth-order valence-corrected chi connectivity index (χ4v) is 14.7. The van der Waals surface area contributed by atoms with Crippen LogP contribution in [0.15, 0.2) is 35.3 Å². The molecule has 8 nitrogen and oxygen atoms in total. The van der Waals surface area contributed by atoms with E-state index in [2.05, 4.69) is 71.5 Å². The standard InChI is InChI=1S/C43H67N3O5S/c1-9-43(45-22-23-46-24-26-52(50,51)27-25-46)21-20-41(6)33(36(43)37(44-8)29(2)28-47)14-15-35-40(5)18-16-32(30-10-12-31(13-11-30)38(48)49)39(3,4)34(40)17-19-42(35,41)7/h10-13,16,29,33-37,45,47H,8-9,14-15,17-28H2,1-7H3,(H,48,49). The first-order valence-corrected chi connectivity index (χ1v) is 22.0. The van der Waals surface area contributed by atoms with Crippen molar-refractivity contribution in [3.8, 4) is 0 Å². The Balaban J connectivity index is 1.31. The van der Waals surface area contributed by atoms with Crippen LogP contribution < -0.4 is 5.32 Å². The predicted octanol–water partition coefficient (Wildman–Crippen LogP) is 7.23. The molecule has 290 valence electrons. The number of sulfone groups is 1. The van der Waals surface area contributed by atoms with Crippen LogP contribution in [0.4, 0.5) is 0 Å². The number of nitrogens with one attached hydrogen (secondary N) is 1. The van der Waals surface area contributed by atoms with Crippen molar-refractivity contribution in [2.45, 2.75) is 111 Å². The van der Waals surface area contributed by atoms with Crippen LogP contribution in [0, 0.1) is 51.2 Å². The second-order valence-corrected chi connectivity index (χ2v) is 21.2. The van der Waals surface area contributed by atoms with Crippen molar-refractivity contribution in [1.29, 1.82) is 0 Å². The lowest BCUT2D eigenvalue weighted by molar-refractivity contribution is -0.223. The number of allylic oxidation sites excluding steroid dienone is 2. The number of hydrogen-bond acceptors (Lipinski definition) is 7. The maximum absolute atomic E-state index is 12.1. The molecular formula is C43H67N3O5S. The van der Waals surface area contributed by atoms with E-state index >= 15 is 0 Å². The first-order chi connectivity index (χ1) is 24.4. The van der Waals surface area contributed by atoms with Crippen LogP contribution in [0.2, 0.25) is 0 Å². The lowest BCUT2D eigenvalue weighted by atomic mass is 9.32. The fraction of sp³-hybridized carbons (Fsp3) is 0.767. The highest BCUT2D eigenvalue weighted by Crippen LogP contribution is 2.75. The summed E-state index contributed by atoms with van der Waals surface area (Å²) in [7, 11) is -2.91. The van der Waals surface area contributed by atoms with E-state index in [0.29, 0.717) is 36.4 Å². The zero-order chi connectivity index (χ0) is 37.9. The van der Waals surface area contributed by atoms with Crippen LogP contribution >= 0.6 is 0 Å². The molecule has 1 saturated heterocycles. The van der Waals surface area contributed by atoms with E-state index in [0.717, 1.165) is 50.8 Å². The summed E-state index contributed by atoms with van der Waals surface area (Å²) in [4.78, 5) is 18.7. The molecule has 3 saturated carbocycles. The number of carbonyl (C=O) groups is 1. The van der Waals surface area contributed by atoms with Gasteiger partial charge in [0.25, 0.3) is 0 Å². The number of fused-ring (bicyclic) bond motifs is 5. The van der Waals surface area contributed by atoms with Gasteiger partial charge in [-0.1, -0.05) is 66.7 Å². The highest BCUT2D eigenvalue weighted by atomic mass is 32.2. The molecular weight excluding hydrogens is 671 g/mol. The third-order valence-electron chi connectivity index (χ3n) is 16.5. The van der Waals surface area contributed by atoms with E-state index in [1.807, 2.05) is 12.1 Å². The minimum atomic E-state index is -2.91. The van der Waals surface area contributed by atoms with Gasteiger partial charge in [0, 0.05) is 50.2 Å². The van der Waals surface area contributed by atoms with Crippen molar-refractivity contribution in [3.63, 3.8) is 0 Å². The van der Waals surface area contributed by atoms with Crippen LogP contribution in [0.5, 0.6) is 0 Å². The Hall–Kier alpha value is -2.07. The number of aromatic carboxylic acids is 1. The SMILES string of the molecule is C=NC(C(C)CO)C1C2CCC3C4(C)CC=C(c5ccc(C(=O)O)cc5)C(C)(C)C4CCC3(C)C2(C)CCC1(CC)NCCN1CCS(=O)(=O)CC1. The molecule has 1 aromatic carbocycles. The molecule has 1 aliphatic heterocycles. The molecule has 4 aliphatic carbocycles. The van der Waals surface area contributed by atoms with Gasteiger partial charge < -0.3 is 20.4 Å². The molecule has 10 atom stereocenters. The Kier molecular flexibility index (Phi) is 10.8. The number of hydrogen-bond donors (Lipinski definition) is 3. The number of benzene rings is 1. The van der Waals surface area contributed by atoms with E-state index in [1.54, 1.807) is 12.1 Å². The molecule has 0 amide bonds. The van der Waals surface area contributed by atoms with Crippen molar-refractivity contribution < 1.29 is 23.4 Å². The molecule has 9 heteroatoms. The van der Waals surface area contributed by atoms with E-state index in [-0.39, 0.29) is 63.2 Å². The molecule has 0 bridgehead atoms. The zero-order valence-electron chi connectivity index (χ0n) is 33.1. The fourth-order valence-electron chi connectivity index (χ4n) is 13.4. The van der Waals surface area contributed by atoms with Gasteiger partial charge in [-0.15, -0.1) is 0 Å². The Morgan fingerprint density at radius 3 is 2.27 bits per heavy atom. The first kappa shape index (κ1) is 39.6. The third kappa shape index (κ3) is 6.35. The molecule has 0 radical (unpaired) electrons. The smallest absolute Gasteiger partial charge is 0.335 e. The average Bonchev–Trinajstić information content (AvgIpc) is 3.10. The van der Waals surface area contributed by atoms with Crippen LogP contribution in [-0.4, -0.2) is 92.1 Å². The highest BCUT2D eigenvalue weighted by Gasteiger charge is 2.69. The first-order valence-electron chi connectivity index (χ1n) is 20.2. The van der Waals surface area contributed by atoms with Crippen molar-refractivity contribution in [2.75, 3.05) is 44.3 Å². The quantitative estimate of drug-likeness (QED) is 0.205. The molecule has 6 rings (SSSR count). The van der Waals surface area contributed by atoms with Gasteiger partial charge in [-0.2, -0.15) is 0 Å².